The van der Waals surface area contributed by atoms with E-state index in [0.29, 0.717) is 19.6 Å². The number of rotatable bonds is 1. The molecule has 0 aromatic carbocycles. The average molecular weight is 300 g/mol. The summed E-state index contributed by atoms with van der Waals surface area (Å²) in [5, 5.41) is 28.8. The predicted molar refractivity (Wildman–Crippen MR) is 73.2 cm³/mol. The molecule has 0 aromatic rings. The summed E-state index contributed by atoms with van der Waals surface area (Å²) in [6, 6.07) is 6.11. The van der Waals surface area contributed by atoms with Crippen molar-refractivity contribution in [3.05, 3.63) is 11.5 Å². The zero-order valence-corrected chi connectivity index (χ0v) is 12.3. The summed E-state index contributed by atoms with van der Waals surface area (Å²) in [5.74, 6) is -0.409. The lowest BCUT2D eigenvalue weighted by atomic mass is 9.66. The number of morpholine rings is 1. The van der Waals surface area contributed by atoms with E-state index < -0.39 is 11.1 Å². The third-order valence-corrected chi connectivity index (χ3v) is 5.22. The van der Waals surface area contributed by atoms with Crippen LogP contribution in [0.25, 0.3) is 0 Å². The van der Waals surface area contributed by atoms with Crippen LogP contribution in [0.1, 0.15) is 19.3 Å². The van der Waals surface area contributed by atoms with E-state index >= 15 is 0 Å². The fourth-order valence-electron chi connectivity index (χ4n) is 4.25. The van der Waals surface area contributed by atoms with Gasteiger partial charge in [-0.15, -0.1) is 0 Å². The van der Waals surface area contributed by atoms with Crippen LogP contribution in [0.3, 0.4) is 0 Å². The second kappa shape index (κ2) is 5.18. The number of nitrogens with one attached hydrogen (secondary N) is 1. The molecule has 0 spiro atoms. The molecule has 22 heavy (non-hydrogen) atoms. The molecule has 0 amide bonds. The topological polar surface area (TPSA) is 120 Å². The normalized spacial score (nSPS) is 34.0. The third kappa shape index (κ3) is 1.72. The smallest absolute Gasteiger partial charge is 0.249 e. The highest BCUT2D eigenvalue weighted by atomic mass is 16.5. The van der Waals surface area contributed by atoms with Gasteiger partial charge in [-0.3, -0.25) is 4.90 Å². The van der Waals surface area contributed by atoms with Crippen molar-refractivity contribution in [3.63, 3.8) is 0 Å². The lowest BCUT2D eigenvalue weighted by Crippen LogP contribution is -3.23. The summed E-state index contributed by atoms with van der Waals surface area (Å²) < 4.78 is 11.4. The molecule has 0 aromatic heterocycles. The Morgan fingerprint density at radius 2 is 1.86 bits per heavy atom. The molecule has 2 heterocycles. The van der Waals surface area contributed by atoms with Crippen LogP contribution in [0.2, 0.25) is 0 Å². The number of nitrogens with zero attached hydrogens (tertiary/aromatic N) is 3. The number of hydrogen-bond donors (Lipinski definition) is 2. The molecule has 7 heteroatoms. The van der Waals surface area contributed by atoms with E-state index in [1.807, 2.05) is 6.07 Å². The molecule has 0 bridgehead atoms. The molecule has 114 valence electrons. The van der Waals surface area contributed by atoms with Crippen molar-refractivity contribution in [3.8, 4) is 18.2 Å². The fraction of sp³-hybridized carbons (Fsp3) is 0.667. The van der Waals surface area contributed by atoms with Crippen LogP contribution < -0.4 is 10.6 Å². The first-order valence-corrected chi connectivity index (χ1v) is 7.49. The molecule has 3 rings (SSSR count). The first-order valence-electron chi connectivity index (χ1n) is 7.49. The molecule has 3 aliphatic rings. The summed E-state index contributed by atoms with van der Waals surface area (Å²) in [5.41, 5.74) is 3.71. The average Bonchev–Trinajstić information content (AvgIpc) is 2.99. The molecule has 3 N–H and O–H groups in total. The molecule has 1 saturated heterocycles. The molecular weight excluding hydrogens is 282 g/mol. The van der Waals surface area contributed by atoms with Crippen molar-refractivity contribution in [2.75, 3.05) is 26.3 Å². The number of fused-ring (bicyclic) bond motifs is 1. The van der Waals surface area contributed by atoms with Crippen LogP contribution in [0.5, 0.6) is 0 Å². The summed E-state index contributed by atoms with van der Waals surface area (Å²) in [4.78, 5) is 1.16. The van der Waals surface area contributed by atoms with Gasteiger partial charge in [0, 0.05) is 6.42 Å². The van der Waals surface area contributed by atoms with Gasteiger partial charge in [0.1, 0.15) is 24.7 Å². The molecule has 7 nitrogen and oxygen atoms in total. The van der Waals surface area contributed by atoms with E-state index in [1.165, 1.54) is 0 Å². The van der Waals surface area contributed by atoms with E-state index in [2.05, 4.69) is 12.1 Å². The lowest BCUT2D eigenvalue weighted by Gasteiger charge is -2.48. The second-order valence-corrected chi connectivity index (χ2v) is 6.03. The summed E-state index contributed by atoms with van der Waals surface area (Å²) in [7, 11) is 0. The second-order valence-electron chi connectivity index (χ2n) is 6.03. The van der Waals surface area contributed by atoms with Gasteiger partial charge in [-0.25, -0.2) is 0 Å². The Morgan fingerprint density at radius 1 is 1.18 bits per heavy atom. The first-order chi connectivity index (χ1) is 10.6. The highest BCUT2D eigenvalue weighted by Crippen LogP contribution is 2.53. The molecule has 2 aliphatic heterocycles. The molecule has 1 aliphatic carbocycles. The maximum absolute atomic E-state index is 9.72. The lowest BCUT2D eigenvalue weighted by molar-refractivity contribution is -0.989. The van der Waals surface area contributed by atoms with E-state index in [9.17, 15) is 15.8 Å². The van der Waals surface area contributed by atoms with Crippen molar-refractivity contribution < 1.29 is 14.4 Å². The van der Waals surface area contributed by atoms with Crippen molar-refractivity contribution >= 4 is 0 Å². The van der Waals surface area contributed by atoms with Gasteiger partial charge >= 0.3 is 0 Å². The van der Waals surface area contributed by atoms with Gasteiger partial charge in [0.2, 0.25) is 11.6 Å². The van der Waals surface area contributed by atoms with Crippen LogP contribution in [-0.2, 0) is 9.47 Å². The van der Waals surface area contributed by atoms with E-state index in [0.717, 1.165) is 30.8 Å². The molecule has 2 fully saturated rings. The van der Waals surface area contributed by atoms with E-state index in [-0.39, 0.29) is 17.4 Å². The van der Waals surface area contributed by atoms with Crippen molar-refractivity contribution in [2.45, 2.75) is 25.0 Å². The van der Waals surface area contributed by atoms with E-state index in [1.54, 1.807) is 0 Å². The van der Waals surface area contributed by atoms with Gasteiger partial charge in [0.05, 0.1) is 31.3 Å². The third-order valence-electron chi connectivity index (χ3n) is 5.22. The highest BCUT2D eigenvalue weighted by Gasteiger charge is 2.67. The Kier molecular flexibility index (Phi) is 3.45. The Hall–Kier alpha value is -2.27. The highest BCUT2D eigenvalue weighted by molar-refractivity contribution is 5.46. The Morgan fingerprint density at radius 3 is 2.45 bits per heavy atom. The zero-order chi connectivity index (χ0) is 15.8. The monoisotopic (exact) mass is 300 g/mol. The minimum Gasteiger partial charge on any atom is -0.424 e. The van der Waals surface area contributed by atoms with Crippen LogP contribution in [0.4, 0.5) is 0 Å². The molecule has 2 atom stereocenters. The summed E-state index contributed by atoms with van der Waals surface area (Å²) in [6.45, 7) is 2.74. The number of ether oxygens (including phenoxy) is 2. The minimum absolute atomic E-state index is 0.0346. The Bertz CT molecular complexity index is 618. The molecule has 1 saturated carbocycles. The van der Waals surface area contributed by atoms with Gasteiger partial charge in [-0.05, 0) is 12.8 Å². The maximum Gasteiger partial charge on any atom is 0.249 e. The number of nitrogens with two attached hydrogens (primary N) is 1. The van der Waals surface area contributed by atoms with Crippen LogP contribution in [0, 0.1) is 45.3 Å². The van der Waals surface area contributed by atoms with Crippen LogP contribution >= 0.6 is 0 Å². The minimum atomic E-state index is -1.51. The van der Waals surface area contributed by atoms with E-state index in [4.69, 9.17) is 15.2 Å². The van der Waals surface area contributed by atoms with Crippen LogP contribution in [0.15, 0.2) is 11.5 Å². The summed E-state index contributed by atoms with van der Waals surface area (Å²) in [6.07, 6.45) is 2.27. The van der Waals surface area contributed by atoms with Crippen molar-refractivity contribution in [2.24, 2.45) is 17.1 Å². The SMILES string of the molecule is N#CC1=C(N)O[C@]2([NH+]3CCOCC3)CCC[C@@H]2C1(C#N)C#N. The number of nitriles is 3. The van der Waals surface area contributed by atoms with Gasteiger partial charge < -0.3 is 15.2 Å². The van der Waals surface area contributed by atoms with Gasteiger partial charge in [-0.1, -0.05) is 0 Å². The number of quaternary nitrogens is 1. The zero-order valence-electron chi connectivity index (χ0n) is 12.3. The number of allylic oxidation sites excluding steroid dienone is 1. The summed E-state index contributed by atoms with van der Waals surface area (Å²) >= 11 is 0. The largest absolute Gasteiger partial charge is 0.424 e. The number of hydrogen-bond acceptors (Lipinski definition) is 6. The van der Waals surface area contributed by atoms with Crippen LogP contribution in [-0.4, -0.2) is 32.0 Å². The Balaban J connectivity index is 2.14. The van der Waals surface area contributed by atoms with Crippen molar-refractivity contribution in [1.82, 2.24) is 0 Å². The molecule has 0 unspecified atom stereocenters. The van der Waals surface area contributed by atoms with Crippen molar-refractivity contribution in [1.29, 1.82) is 15.8 Å². The maximum atomic E-state index is 9.72. The first kappa shape index (κ1) is 14.7. The standard InChI is InChI=1S/C15H17N5O2/c16-8-11-13(19)22-15(20-4-6-21-7-5-20)3-1-2-12(15)14(11,9-17)10-18/h12H,1-7,19H2/p+1/t12-,15-/m1/s1. The fourth-order valence-corrected chi connectivity index (χ4v) is 4.25. The van der Waals surface area contributed by atoms with Gasteiger partial charge in [-0.2, -0.15) is 15.8 Å². The predicted octanol–water partition coefficient (Wildman–Crippen LogP) is -0.844. The molecular formula is C15H18N5O2+. The van der Waals surface area contributed by atoms with Gasteiger partial charge in [0.25, 0.3) is 0 Å². The van der Waals surface area contributed by atoms with Gasteiger partial charge in [0.15, 0.2) is 5.41 Å². The Labute approximate surface area is 129 Å². The molecule has 0 radical (unpaired) electrons. The quantitative estimate of drug-likeness (QED) is 0.651.